The Labute approximate surface area is 133 Å². The van der Waals surface area contributed by atoms with Gasteiger partial charge in [0.25, 0.3) is 0 Å². The SMILES string of the molecule is CC(C)C1CCCCC1.CCNS(=O)[O-].[Ar]. The van der Waals surface area contributed by atoms with E-state index in [0.29, 0.717) is 6.54 Å². The van der Waals surface area contributed by atoms with Crippen LogP contribution in [0.25, 0.3) is 0 Å². The predicted octanol–water partition coefficient (Wildman–Crippen LogP) is 2.61. The van der Waals surface area contributed by atoms with Crippen LogP contribution in [0.3, 0.4) is 0 Å². The Morgan fingerprint density at radius 2 is 1.81 bits per heavy atom. The maximum absolute atomic E-state index is 9.49. The van der Waals surface area contributed by atoms with Crippen LogP contribution >= 0.6 is 0 Å². The first kappa shape index (κ1) is 19.7. The number of rotatable bonds is 3. The molecule has 1 fully saturated rings. The second-order valence-corrected chi connectivity index (χ2v) is 5.13. The average Bonchev–Trinajstić information content (AvgIpc) is 2.20. The van der Waals surface area contributed by atoms with E-state index < -0.39 is 11.3 Å². The normalized spacial score (nSPS) is 18.3. The van der Waals surface area contributed by atoms with Gasteiger partial charge in [0, 0.05) is 55.5 Å². The standard InChI is InChI=1S/C9H18.C2H7NO2S.Ar/c1-8(2)9-6-4-3-5-7-9;1-2-3-6(4)5;/h8-9H,3-7H2,1-2H3;3H,2H2,1H3,(H,4,5);/p-1. The molecule has 0 amide bonds. The first-order valence-corrected chi connectivity index (χ1v) is 6.98. The van der Waals surface area contributed by atoms with Gasteiger partial charge in [-0.05, 0) is 11.8 Å². The molecule has 0 saturated heterocycles. The van der Waals surface area contributed by atoms with E-state index in [2.05, 4.69) is 18.6 Å². The zero-order valence-electron chi connectivity index (χ0n) is 10.5. The summed E-state index contributed by atoms with van der Waals surface area (Å²) in [7, 11) is 0. The number of nitrogens with one attached hydrogen (secondary N) is 1. The molecule has 1 aliphatic carbocycles. The molecule has 1 aliphatic rings. The Morgan fingerprint density at radius 1 is 1.31 bits per heavy atom. The smallest absolute Gasteiger partial charge is 0.0180 e. The molecule has 16 heavy (non-hydrogen) atoms. The molecular weight excluding hydrogens is 250 g/mol. The van der Waals surface area contributed by atoms with Crippen LogP contribution < -0.4 is 4.72 Å². The van der Waals surface area contributed by atoms with Gasteiger partial charge in [-0.25, -0.2) is 4.72 Å². The third kappa shape index (κ3) is 11.8. The summed E-state index contributed by atoms with van der Waals surface area (Å²) in [4.78, 5) is 0. The minimum atomic E-state index is -2.07. The molecule has 0 bridgehead atoms. The molecule has 0 aromatic carbocycles. The van der Waals surface area contributed by atoms with Gasteiger partial charge in [0.05, 0.1) is 0 Å². The van der Waals surface area contributed by atoms with Crippen LogP contribution in [0.1, 0.15) is 52.9 Å². The fourth-order valence-corrected chi connectivity index (χ4v) is 2.15. The maximum Gasteiger partial charge on any atom is 0.0180 e. The van der Waals surface area contributed by atoms with Crippen molar-refractivity contribution in [2.45, 2.75) is 52.9 Å². The quantitative estimate of drug-likeness (QED) is 0.804. The Morgan fingerprint density at radius 3 is 2.00 bits per heavy atom. The summed E-state index contributed by atoms with van der Waals surface area (Å²) >= 11 is -2.07. The first-order chi connectivity index (χ1) is 7.07. The summed E-state index contributed by atoms with van der Waals surface area (Å²) in [5, 5.41) is 0. The molecule has 1 N–H and O–H groups in total. The van der Waals surface area contributed by atoms with Crippen molar-refractivity contribution in [1.82, 2.24) is 4.72 Å². The van der Waals surface area contributed by atoms with Crippen molar-refractivity contribution in [3.63, 3.8) is 0 Å². The Bertz CT molecular complexity index is 173. The molecule has 1 unspecified atom stereocenters. The Hall–Kier alpha value is 1.33. The van der Waals surface area contributed by atoms with Gasteiger partial charge in [0.1, 0.15) is 0 Å². The van der Waals surface area contributed by atoms with Gasteiger partial charge < -0.3 is 4.55 Å². The third-order valence-corrected chi connectivity index (χ3v) is 3.38. The van der Waals surface area contributed by atoms with E-state index in [9.17, 15) is 8.76 Å². The summed E-state index contributed by atoms with van der Waals surface area (Å²) in [6.07, 6.45) is 7.46. The van der Waals surface area contributed by atoms with Crippen LogP contribution in [0.5, 0.6) is 0 Å². The van der Waals surface area contributed by atoms with E-state index in [0.717, 1.165) is 11.8 Å². The zero-order valence-corrected chi connectivity index (χ0v) is 12.0. The van der Waals surface area contributed by atoms with Crippen LogP contribution in [-0.4, -0.2) is 15.3 Å². The molecule has 0 aliphatic heterocycles. The first-order valence-electron chi connectivity index (χ1n) is 5.90. The molecule has 0 radical (unpaired) electrons. The predicted molar refractivity (Wildman–Crippen MR) is 64.0 cm³/mol. The summed E-state index contributed by atoms with van der Waals surface area (Å²) in [5.41, 5.74) is 0. The van der Waals surface area contributed by atoms with Gasteiger partial charge in [-0.1, -0.05) is 52.9 Å². The van der Waals surface area contributed by atoms with Crippen molar-refractivity contribution >= 4 is 11.3 Å². The molecule has 3 nitrogen and oxygen atoms in total. The number of hydrogen-bond donors (Lipinski definition) is 1. The summed E-state index contributed by atoms with van der Waals surface area (Å²) in [6, 6.07) is 0. The van der Waals surface area contributed by atoms with E-state index >= 15 is 0 Å². The van der Waals surface area contributed by atoms with Gasteiger partial charge in [0.2, 0.25) is 0 Å². The molecule has 1 saturated carbocycles. The Kier molecular flexibility index (Phi) is 15.7. The number of hydrogen-bond acceptors (Lipinski definition) is 2. The molecule has 0 aromatic heterocycles. The molecule has 100 valence electrons. The maximum atomic E-state index is 9.49. The van der Waals surface area contributed by atoms with E-state index in [1.54, 1.807) is 6.92 Å². The minimum Gasteiger partial charge on any atom is -0.760 e. The summed E-state index contributed by atoms with van der Waals surface area (Å²) in [6.45, 7) is 6.90. The molecule has 0 spiro atoms. The van der Waals surface area contributed by atoms with Crippen molar-refractivity contribution in [2.75, 3.05) is 6.54 Å². The van der Waals surface area contributed by atoms with Crippen LogP contribution in [0.2, 0.25) is 0 Å². The molecule has 0 aromatic rings. The second kappa shape index (κ2) is 12.8. The van der Waals surface area contributed by atoms with Crippen molar-refractivity contribution in [3.8, 4) is 0 Å². The summed E-state index contributed by atoms with van der Waals surface area (Å²) in [5.74, 6) is 1.99. The van der Waals surface area contributed by atoms with E-state index in [1.165, 1.54) is 32.1 Å². The largest absolute Gasteiger partial charge is 0.760 e. The van der Waals surface area contributed by atoms with Crippen molar-refractivity contribution in [1.29, 1.82) is 0 Å². The van der Waals surface area contributed by atoms with E-state index in [1.807, 2.05) is 0 Å². The van der Waals surface area contributed by atoms with Crippen LogP contribution in [0, 0.1) is 49.6 Å². The summed E-state index contributed by atoms with van der Waals surface area (Å²) < 4.78 is 21.1. The third-order valence-electron chi connectivity index (χ3n) is 2.85. The molecule has 1 atom stereocenters. The minimum absolute atomic E-state index is 0. The monoisotopic (exact) mass is 274 g/mol. The van der Waals surface area contributed by atoms with Gasteiger partial charge in [-0.2, -0.15) is 0 Å². The molecule has 1 rings (SSSR count). The van der Waals surface area contributed by atoms with E-state index in [4.69, 9.17) is 0 Å². The van der Waals surface area contributed by atoms with Crippen LogP contribution in [0.15, 0.2) is 0 Å². The topological polar surface area (TPSA) is 52.2 Å². The zero-order chi connectivity index (χ0) is 11.7. The van der Waals surface area contributed by atoms with Crippen molar-refractivity contribution in [3.05, 3.63) is 0 Å². The van der Waals surface area contributed by atoms with Crippen LogP contribution in [-0.2, 0) is 11.3 Å². The van der Waals surface area contributed by atoms with Crippen LogP contribution in [0.4, 0.5) is 0 Å². The van der Waals surface area contributed by atoms with Crippen molar-refractivity contribution in [2.24, 2.45) is 11.8 Å². The molecular formula is C11H24ArNO2S-. The fraction of sp³-hybridized carbons (Fsp3) is 1.00. The van der Waals surface area contributed by atoms with E-state index in [-0.39, 0.29) is 37.7 Å². The van der Waals surface area contributed by atoms with Gasteiger partial charge >= 0.3 is 0 Å². The van der Waals surface area contributed by atoms with Gasteiger partial charge in [-0.15, -0.1) is 0 Å². The van der Waals surface area contributed by atoms with Crippen molar-refractivity contribution < 1.29 is 46.5 Å². The average molecular weight is 274 g/mol. The fourth-order valence-electron chi connectivity index (χ4n) is 1.92. The second-order valence-electron chi connectivity index (χ2n) is 4.37. The van der Waals surface area contributed by atoms with Gasteiger partial charge in [0.15, 0.2) is 0 Å². The molecule has 0 heterocycles. The van der Waals surface area contributed by atoms with Gasteiger partial charge in [-0.3, -0.25) is 4.21 Å². The molecule has 5 heteroatoms. The Balaban J connectivity index is 0.